The molecular formula is C19H17FN2S. The molecule has 2 aromatic rings. The molecule has 1 aliphatic rings. The highest BCUT2D eigenvalue weighted by Gasteiger charge is 2.28. The Balaban J connectivity index is 2.17. The van der Waals surface area contributed by atoms with Crippen molar-refractivity contribution in [2.45, 2.75) is 32.1 Å². The lowest BCUT2D eigenvalue weighted by molar-refractivity contribution is 0.630. The molecule has 3 rings (SSSR count). The molecule has 0 radical (unpaired) electrons. The van der Waals surface area contributed by atoms with Crippen molar-refractivity contribution < 1.29 is 4.39 Å². The van der Waals surface area contributed by atoms with Crippen LogP contribution in [-0.2, 0) is 0 Å². The van der Waals surface area contributed by atoms with Gasteiger partial charge in [0.25, 0.3) is 0 Å². The first-order valence-corrected chi connectivity index (χ1v) is 8.33. The highest BCUT2D eigenvalue weighted by Crippen LogP contribution is 2.36. The average Bonchev–Trinajstić information content (AvgIpc) is 2.92. The zero-order valence-electron chi connectivity index (χ0n) is 13.4. The van der Waals surface area contributed by atoms with Gasteiger partial charge in [-0.25, -0.2) is 4.39 Å². The number of hydrogen-bond acceptors (Lipinski definition) is 3. The Labute approximate surface area is 139 Å². The maximum atomic E-state index is 14.5. The second-order valence-electron chi connectivity index (χ2n) is 5.99. The summed E-state index contributed by atoms with van der Waals surface area (Å²) >= 11 is 1.64. The lowest BCUT2D eigenvalue weighted by Crippen LogP contribution is -2.13. The number of aliphatic imine (C=N–C) groups is 1. The van der Waals surface area contributed by atoms with Gasteiger partial charge in [0.15, 0.2) is 0 Å². The summed E-state index contributed by atoms with van der Waals surface area (Å²) in [6.45, 7) is 9.80. The van der Waals surface area contributed by atoms with E-state index in [0.717, 1.165) is 16.2 Å². The molecule has 2 nitrogen and oxygen atoms in total. The molecule has 0 spiro atoms. The van der Waals surface area contributed by atoms with E-state index in [9.17, 15) is 9.65 Å². The van der Waals surface area contributed by atoms with E-state index in [4.69, 9.17) is 0 Å². The van der Waals surface area contributed by atoms with Crippen LogP contribution in [0.15, 0.2) is 41.4 Å². The van der Waals surface area contributed by atoms with Gasteiger partial charge in [-0.15, -0.1) is 0 Å². The van der Waals surface area contributed by atoms with E-state index in [1.807, 2.05) is 6.92 Å². The van der Waals surface area contributed by atoms with Crippen LogP contribution in [0.25, 0.3) is 10.8 Å². The molecule has 0 fully saturated rings. The van der Waals surface area contributed by atoms with Gasteiger partial charge < -0.3 is 0 Å². The molecule has 23 heavy (non-hydrogen) atoms. The summed E-state index contributed by atoms with van der Waals surface area (Å²) in [6.07, 6.45) is 0. The number of nitriles is 1. The minimum absolute atomic E-state index is 0.135. The zero-order chi connectivity index (χ0) is 16.7. The number of rotatable bonds is 2. The first kappa shape index (κ1) is 15.8. The van der Waals surface area contributed by atoms with Crippen molar-refractivity contribution in [1.82, 2.24) is 0 Å². The third-order valence-electron chi connectivity index (χ3n) is 4.11. The predicted molar refractivity (Wildman–Crippen MR) is 95.6 cm³/mol. The number of aryl methyl sites for hydroxylation is 1. The van der Waals surface area contributed by atoms with Crippen molar-refractivity contribution >= 4 is 27.6 Å². The van der Waals surface area contributed by atoms with E-state index >= 15 is 0 Å². The zero-order valence-corrected chi connectivity index (χ0v) is 14.2. The second kappa shape index (κ2) is 5.82. The van der Waals surface area contributed by atoms with Gasteiger partial charge in [-0.05, 0) is 38.5 Å². The minimum Gasteiger partial charge on any atom is -0.273 e. The molecular weight excluding hydrogens is 307 g/mol. The van der Waals surface area contributed by atoms with Crippen molar-refractivity contribution in [3.8, 4) is 6.07 Å². The fourth-order valence-electron chi connectivity index (χ4n) is 2.88. The summed E-state index contributed by atoms with van der Waals surface area (Å²) in [5.41, 5.74) is 2.93. The van der Waals surface area contributed by atoms with Crippen LogP contribution in [0.1, 0.15) is 30.5 Å². The lowest BCUT2D eigenvalue weighted by Gasteiger charge is -2.12. The fraction of sp³-hybridized carbons (Fsp3) is 0.263. The number of nitrogens with zero attached hydrogens (tertiary/aromatic N) is 2. The van der Waals surface area contributed by atoms with Crippen molar-refractivity contribution in [2.75, 3.05) is 0 Å². The van der Waals surface area contributed by atoms with E-state index in [0.29, 0.717) is 21.9 Å². The van der Waals surface area contributed by atoms with Crippen molar-refractivity contribution in [3.63, 3.8) is 0 Å². The Morgan fingerprint density at radius 2 is 2.09 bits per heavy atom. The molecule has 0 amide bonds. The van der Waals surface area contributed by atoms with E-state index in [1.54, 1.807) is 43.0 Å². The monoisotopic (exact) mass is 324 g/mol. The SMILES string of the molecule is C=C(C)C1SC(c2cc(C#N)c3ccc(C)c(F)c3c2)=NC1C. The summed E-state index contributed by atoms with van der Waals surface area (Å²) in [6, 6.07) is 9.43. The third kappa shape index (κ3) is 2.66. The van der Waals surface area contributed by atoms with Crippen molar-refractivity contribution in [3.05, 3.63) is 58.9 Å². The van der Waals surface area contributed by atoms with Crippen LogP contribution in [0.3, 0.4) is 0 Å². The van der Waals surface area contributed by atoms with Crippen molar-refractivity contribution in [2.24, 2.45) is 4.99 Å². The molecule has 1 aliphatic heterocycles. The minimum atomic E-state index is -0.269. The van der Waals surface area contributed by atoms with E-state index in [2.05, 4.69) is 24.6 Å². The predicted octanol–water partition coefficient (Wildman–Crippen LogP) is 4.99. The highest BCUT2D eigenvalue weighted by atomic mass is 32.2. The topological polar surface area (TPSA) is 36.1 Å². The smallest absolute Gasteiger partial charge is 0.133 e. The van der Waals surface area contributed by atoms with Gasteiger partial charge in [0.1, 0.15) is 5.82 Å². The van der Waals surface area contributed by atoms with Crippen LogP contribution in [-0.4, -0.2) is 16.3 Å². The standard InChI is InChI=1S/C19H17FN2S/c1-10(2)18-12(4)22-19(23-18)13-7-14(9-21)15-6-5-11(3)17(20)16(15)8-13/h5-8,12,18H,1H2,2-4H3. The van der Waals surface area contributed by atoms with Crippen LogP contribution in [0.5, 0.6) is 0 Å². The summed E-state index contributed by atoms with van der Waals surface area (Å²) in [7, 11) is 0. The molecule has 0 aromatic heterocycles. The lowest BCUT2D eigenvalue weighted by atomic mass is 9.99. The van der Waals surface area contributed by atoms with Crippen LogP contribution >= 0.6 is 11.8 Å². The summed E-state index contributed by atoms with van der Waals surface area (Å²) in [5, 5.41) is 11.6. The van der Waals surface area contributed by atoms with Gasteiger partial charge in [0.2, 0.25) is 0 Å². The maximum Gasteiger partial charge on any atom is 0.133 e. The molecule has 2 unspecified atom stereocenters. The number of hydrogen-bond donors (Lipinski definition) is 0. The molecule has 0 aliphatic carbocycles. The molecule has 1 heterocycles. The first-order chi connectivity index (χ1) is 10.9. The Kier molecular flexibility index (Phi) is 3.99. The fourth-order valence-corrected chi connectivity index (χ4v) is 4.06. The van der Waals surface area contributed by atoms with Crippen LogP contribution in [0.4, 0.5) is 4.39 Å². The molecule has 0 saturated heterocycles. The number of benzene rings is 2. The highest BCUT2D eigenvalue weighted by molar-refractivity contribution is 8.15. The van der Waals surface area contributed by atoms with Gasteiger partial charge in [0.05, 0.1) is 28.0 Å². The van der Waals surface area contributed by atoms with Crippen LogP contribution < -0.4 is 0 Å². The Bertz CT molecular complexity index is 892. The summed E-state index contributed by atoms with van der Waals surface area (Å²) in [4.78, 5) is 4.68. The van der Waals surface area contributed by atoms with Crippen LogP contribution in [0.2, 0.25) is 0 Å². The summed E-state index contributed by atoms with van der Waals surface area (Å²) in [5.74, 6) is -0.269. The van der Waals surface area contributed by atoms with Gasteiger partial charge in [-0.2, -0.15) is 5.26 Å². The molecule has 4 heteroatoms. The molecule has 0 N–H and O–H groups in total. The first-order valence-electron chi connectivity index (χ1n) is 7.45. The maximum absolute atomic E-state index is 14.5. The van der Waals surface area contributed by atoms with Gasteiger partial charge in [0, 0.05) is 16.3 Å². The normalized spacial score (nSPS) is 20.4. The Morgan fingerprint density at radius 1 is 1.35 bits per heavy atom. The van der Waals surface area contributed by atoms with Gasteiger partial charge in [-0.1, -0.05) is 36.0 Å². The molecule has 116 valence electrons. The van der Waals surface area contributed by atoms with Gasteiger partial charge in [-0.3, -0.25) is 4.99 Å². The Morgan fingerprint density at radius 3 is 2.70 bits per heavy atom. The molecule has 2 aromatic carbocycles. The number of halogens is 1. The molecule has 0 saturated carbocycles. The van der Waals surface area contributed by atoms with Crippen LogP contribution in [0, 0.1) is 24.1 Å². The second-order valence-corrected chi connectivity index (χ2v) is 7.12. The summed E-state index contributed by atoms with van der Waals surface area (Å²) < 4.78 is 14.5. The third-order valence-corrected chi connectivity index (χ3v) is 5.73. The molecule has 0 bridgehead atoms. The Hall–Kier alpha value is -2.12. The number of fused-ring (bicyclic) bond motifs is 1. The van der Waals surface area contributed by atoms with E-state index in [1.165, 1.54) is 0 Å². The van der Waals surface area contributed by atoms with Crippen molar-refractivity contribution in [1.29, 1.82) is 5.26 Å². The molecule has 2 atom stereocenters. The van der Waals surface area contributed by atoms with Gasteiger partial charge >= 0.3 is 0 Å². The number of thioether (sulfide) groups is 1. The van der Waals surface area contributed by atoms with E-state index < -0.39 is 0 Å². The van der Waals surface area contributed by atoms with E-state index in [-0.39, 0.29) is 17.1 Å². The quantitative estimate of drug-likeness (QED) is 0.730. The average molecular weight is 324 g/mol. The largest absolute Gasteiger partial charge is 0.273 e.